The molecule has 1 aliphatic rings. The third-order valence-corrected chi connectivity index (χ3v) is 5.94. The SMILES string of the molecule is N#Cc1c(NC(=O)COC(=O)c2ccccc2SC(F)F)sc2c1CCC2. The Balaban J connectivity index is 1.62. The number of halogens is 2. The molecule has 0 fully saturated rings. The lowest BCUT2D eigenvalue weighted by molar-refractivity contribution is -0.119. The van der Waals surface area contributed by atoms with E-state index in [9.17, 15) is 23.6 Å². The summed E-state index contributed by atoms with van der Waals surface area (Å²) in [6, 6.07) is 7.93. The van der Waals surface area contributed by atoms with Crippen LogP contribution in [0.5, 0.6) is 0 Å². The van der Waals surface area contributed by atoms with E-state index >= 15 is 0 Å². The summed E-state index contributed by atoms with van der Waals surface area (Å²) in [5.41, 5.74) is 1.42. The molecule has 1 N–H and O–H groups in total. The molecule has 3 rings (SSSR count). The maximum atomic E-state index is 12.6. The van der Waals surface area contributed by atoms with Crippen molar-refractivity contribution in [3.05, 3.63) is 45.8 Å². The predicted molar refractivity (Wildman–Crippen MR) is 98.3 cm³/mol. The third kappa shape index (κ3) is 4.46. The second-order valence-corrected chi connectivity index (χ2v) is 7.81. The van der Waals surface area contributed by atoms with Crippen molar-refractivity contribution in [3.63, 3.8) is 0 Å². The van der Waals surface area contributed by atoms with Crippen molar-refractivity contribution < 1.29 is 23.1 Å². The van der Waals surface area contributed by atoms with Crippen LogP contribution < -0.4 is 5.32 Å². The molecule has 1 aromatic carbocycles. The molecule has 0 spiro atoms. The number of esters is 1. The number of carbonyl (C=O) groups is 2. The minimum Gasteiger partial charge on any atom is -0.452 e. The Kier molecular flexibility index (Phi) is 6.08. The lowest BCUT2D eigenvalue weighted by Crippen LogP contribution is -2.21. The zero-order chi connectivity index (χ0) is 19.4. The van der Waals surface area contributed by atoms with Gasteiger partial charge < -0.3 is 10.1 Å². The predicted octanol–water partition coefficient (Wildman–Crippen LogP) is 4.22. The highest BCUT2D eigenvalue weighted by Gasteiger charge is 2.23. The number of aryl methyl sites for hydroxylation is 1. The minimum atomic E-state index is -2.67. The minimum absolute atomic E-state index is 0.0246. The summed E-state index contributed by atoms with van der Waals surface area (Å²) in [5.74, 6) is -4.12. The first-order chi connectivity index (χ1) is 13.0. The van der Waals surface area contributed by atoms with Crippen LogP contribution in [0.3, 0.4) is 0 Å². The Hall–Kier alpha value is -2.44. The molecule has 0 atom stereocenters. The third-order valence-electron chi connectivity index (χ3n) is 3.94. The average Bonchev–Trinajstić information content (AvgIpc) is 3.20. The topological polar surface area (TPSA) is 79.2 Å². The van der Waals surface area contributed by atoms with Crippen LogP contribution in [0.15, 0.2) is 29.2 Å². The first-order valence-electron chi connectivity index (χ1n) is 8.05. The van der Waals surface area contributed by atoms with Crippen LogP contribution in [0.25, 0.3) is 0 Å². The number of fused-ring (bicyclic) bond motifs is 1. The lowest BCUT2D eigenvalue weighted by atomic mass is 10.1. The molecule has 5 nitrogen and oxygen atoms in total. The summed E-state index contributed by atoms with van der Waals surface area (Å²) in [4.78, 5) is 25.4. The largest absolute Gasteiger partial charge is 0.452 e. The van der Waals surface area contributed by atoms with Crippen LogP contribution in [0.4, 0.5) is 13.8 Å². The molecule has 0 aliphatic heterocycles. The fourth-order valence-corrected chi connectivity index (χ4v) is 4.70. The van der Waals surface area contributed by atoms with Crippen LogP contribution in [-0.2, 0) is 22.4 Å². The lowest BCUT2D eigenvalue weighted by Gasteiger charge is -2.09. The van der Waals surface area contributed by atoms with Gasteiger partial charge in [-0.1, -0.05) is 23.9 Å². The number of anilines is 1. The van der Waals surface area contributed by atoms with Crippen molar-refractivity contribution in [3.8, 4) is 6.07 Å². The van der Waals surface area contributed by atoms with Gasteiger partial charge in [0.25, 0.3) is 11.7 Å². The van der Waals surface area contributed by atoms with Crippen molar-refractivity contribution in [2.24, 2.45) is 0 Å². The highest BCUT2D eigenvalue weighted by atomic mass is 32.2. The van der Waals surface area contributed by atoms with E-state index < -0.39 is 24.2 Å². The number of hydrogen-bond donors (Lipinski definition) is 1. The standard InChI is InChI=1S/C18H14F2N2O3S2/c19-18(20)27-14-6-2-1-4-11(14)17(24)25-9-15(23)22-16-12(8-21)10-5-3-7-13(10)26-16/h1-2,4,6,18H,3,5,7,9H2,(H,22,23). The van der Waals surface area contributed by atoms with Gasteiger partial charge in [-0.15, -0.1) is 11.3 Å². The molecule has 1 aliphatic carbocycles. The summed E-state index contributed by atoms with van der Waals surface area (Å²) in [6.45, 7) is -0.569. The van der Waals surface area contributed by atoms with E-state index in [1.54, 1.807) is 0 Å². The van der Waals surface area contributed by atoms with E-state index in [0.29, 0.717) is 10.6 Å². The zero-order valence-corrected chi connectivity index (χ0v) is 15.6. The Morgan fingerprint density at radius 2 is 2.11 bits per heavy atom. The number of benzene rings is 1. The Morgan fingerprint density at radius 3 is 2.85 bits per heavy atom. The first kappa shape index (κ1) is 19.3. The molecule has 0 radical (unpaired) electrons. The smallest absolute Gasteiger partial charge is 0.339 e. The van der Waals surface area contributed by atoms with E-state index in [1.165, 1.54) is 35.6 Å². The maximum Gasteiger partial charge on any atom is 0.339 e. The number of thiophene rings is 1. The van der Waals surface area contributed by atoms with Gasteiger partial charge in [0.1, 0.15) is 11.1 Å². The summed E-state index contributed by atoms with van der Waals surface area (Å²) in [7, 11) is 0. The van der Waals surface area contributed by atoms with Gasteiger partial charge in [0.2, 0.25) is 0 Å². The van der Waals surface area contributed by atoms with Crippen molar-refractivity contribution >= 4 is 40.0 Å². The van der Waals surface area contributed by atoms with Gasteiger partial charge in [-0.3, -0.25) is 4.79 Å². The molecule has 1 amide bonds. The first-order valence-corrected chi connectivity index (χ1v) is 9.74. The van der Waals surface area contributed by atoms with Gasteiger partial charge in [0, 0.05) is 9.77 Å². The van der Waals surface area contributed by atoms with E-state index in [4.69, 9.17) is 4.74 Å². The van der Waals surface area contributed by atoms with Gasteiger partial charge in [-0.05, 0) is 37.0 Å². The molecular weight excluding hydrogens is 394 g/mol. The van der Waals surface area contributed by atoms with E-state index in [2.05, 4.69) is 11.4 Å². The Morgan fingerprint density at radius 1 is 1.33 bits per heavy atom. The molecule has 0 saturated heterocycles. The Bertz CT molecular complexity index is 922. The van der Waals surface area contributed by atoms with Crippen molar-refractivity contribution in [2.45, 2.75) is 29.9 Å². The molecule has 0 bridgehead atoms. The number of carbonyl (C=O) groups excluding carboxylic acids is 2. The molecule has 1 heterocycles. The summed E-state index contributed by atoms with van der Waals surface area (Å²) >= 11 is 1.60. The number of amides is 1. The van der Waals surface area contributed by atoms with E-state index in [1.807, 2.05) is 0 Å². The fraction of sp³-hybridized carbons (Fsp3) is 0.278. The maximum absolute atomic E-state index is 12.6. The van der Waals surface area contributed by atoms with Gasteiger partial charge in [0.15, 0.2) is 6.61 Å². The number of nitrogens with zero attached hydrogens (tertiary/aromatic N) is 1. The normalized spacial score (nSPS) is 12.5. The number of nitriles is 1. The van der Waals surface area contributed by atoms with Crippen molar-refractivity contribution in [2.75, 3.05) is 11.9 Å². The van der Waals surface area contributed by atoms with Crippen molar-refractivity contribution in [1.82, 2.24) is 0 Å². The number of rotatable bonds is 6. The summed E-state index contributed by atoms with van der Waals surface area (Å²) in [5, 5.41) is 12.4. The number of alkyl halides is 2. The zero-order valence-electron chi connectivity index (χ0n) is 14.0. The summed E-state index contributed by atoms with van der Waals surface area (Å²) < 4.78 is 30.1. The van der Waals surface area contributed by atoms with Gasteiger partial charge in [-0.25, -0.2) is 4.79 Å². The van der Waals surface area contributed by atoms with Gasteiger partial charge >= 0.3 is 5.97 Å². The number of thioether (sulfide) groups is 1. The molecule has 2 aromatic rings. The second kappa shape index (κ2) is 8.50. The molecule has 140 valence electrons. The molecule has 27 heavy (non-hydrogen) atoms. The van der Waals surface area contributed by atoms with Crippen LogP contribution in [0.2, 0.25) is 0 Å². The molecule has 9 heteroatoms. The number of hydrogen-bond acceptors (Lipinski definition) is 6. The molecule has 0 unspecified atom stereocenters. The monoisotopic (exact) mass is 408 g/mol. The molecule has 0 saturated carbocycles. The van der Waals surface area contributed by atoms with Crippen molar-refractivity contribution in [1.29, 1.82) is 5.26 Å². The molecular formula is C18H14F2N2O3S2. The van der Waals surface area contributed by atoms with Crippen LogP contribution >= 0.6 is 23.1 Å². The quantitative estimate of drug-likeness (QED) is 0.572. The van der Waals surface area contributed by atoms with Gasteiger partial charge in [0.05, 0.1) is 11.1 Å². The number of nitrogens with one attached hydrogen (secondary N) is 1. The summed E-state index contributed by atoms with van der Waals surface area (Å²) in [6.07, 6.45) is 2.70. The molecule has 1 aromatic heterocycles. The second-order valence-electron chi connectivity index (χ2n) is 5.67. The van der Waals surface area contributed by atoms with E-state index in [-0.39, 0.29) is 22.2 Å². The van der Waals surface area contributed by atoms with Crippen LogP contribution in [0, 0.1) is 11.3 Å². The van der Waals surface area contributed by atoms with E-state index in [0.717, 1.165) is 29.7 Å². The number of ether oxygens (including phenoxy) is 1. The van der Waals surface area contributed by atoms with Gasteiger partial charge in [-0.2, -0.15) is 14.0 Å². The van der Waals surface area contributed by atoms with Crippen LogP contribution in [0.1, 0.15) is 32.8 Å². The highest BCUT2D eigenvalue weighted by molar-refractivity contribution is 7.99. The Labute approximate surface area is 162 Å². The van der Waals surface area contributed by atoms with Crippen LogP contribution in [-0.4, -0.2) is 24.2 Å². The fourth-order valence-electron chi connectivity index (χ4n) is 2.82. The average molecular weight is 408 g/mol. The highest BCUT2D eigenvalue weighted by Crippen LogP contribution is 2.38.